The third-order valence-electron chi connectivity index (χ3n) is 2.58. The molecule has 1 N–H and O–H groups in total. The first kappa shape index (κ1) is 10.4. The molecule has 0 bridgehead atoms. The molecule has 0 radical (unpaired) electrons. The van der Waals surface area contributed by atoms with Crippen LogP contribution >= 0.6 is 0 Å². The van der Waals surface area contributed by atoms with E-state index in [9.17, 15) is 9.50 Å². The minimum absolute atomic E-state index is 0.188. The van der Waals surface area contributed by atoms with Crippen molar-refractivity contribution in [2.45, 2.75) is 24.7 Å². The van der Waals surface area contributed by atoms with E-state index in [2.05, 4.69) is 0 Å². The molecule has 15 heavy (non-hydrogen) atoms. The second-order valence-corrected chi connectivity index (χ2v) is 3.62. The minimum atomic E-state index is -0.478. The van der Waals surface area contributed by atoms with E-state index in [1.54, 1.807) is 12.1 Å². The number of methoxy groups -OCH3 is 1. The fourth-order valence-corrected chi connectivity index (χ4v) is 1.70. The van der Waals surface area contributed by atoms with E-state index < -0.39 is 6.10 Å². The summed E-state index contributed by atoms with van der Waals surface area (Å²) >= 11 is 0. The van der Waals surface area contributed by atoms with E-state index in [0.717, 1.165) is 0 Å². The highest BCUT2D eigenvalue weighted by molar-refractivity contribution is 5.23. The molecule has 2 rings (SSSR count). The summed E-state index contributed by atoms with van der Waals surface area (Å²) in [5, 5.41) is 9.33. The Morgan fingerprint density at radius 2 is 2.27 bits per heavy atom. The van der Waals surface area contributed by atoms with Crippen molar-refractivity contribution >= 4 is 0 Å². The lowest BCUT2D eigenvalue weighted by molar-refractivity contribution is -0.149. The molecule has 3 nitrogen and oxygen atoms in total. The molecule has 0 aliphatic heterocycles. The van der Waals surface area contributed by atoms with Crippen molar-refractivity contribution in [3.8, 4) is 5.75 Å². The van der Waals surface area contributed by atoms with Gasteiger partial charge in [-0.15, -0.1) is 0 Å². The Bertz CT molecular complexity index is 342. The highest BCUT2D eigenvalue weighted by Gasteiger charge is 2.42. The Labute approximate surface area is 87.4 Å². The summed E-state index contributed by atoms with van der Waals surface area (Å²) in [6, 6.07) is 5.94. The van der Waals surface area contributed by atoms with Crippen LogP contribution in [0.25, 0.3) is 0 Å². The third kappa shape index (κ3) is 2.11. The summed E-state index contributed by atoms with van der Waals surface area (Å²) in [7, 11) is 1.52. The number of benzene rings is 1. The highest BCUT2D eigenvalue weighted by Crippen LogP contribution is 2.28. The van der Waals surface area contributed by atoms with Crippen LogP contribution in [0.5, 0.6) is 5.75 Å². The van der Waals surface area contributed by atoms with Gasteiger partial charge in [-0.1, -0.05) is 6.07 Å². The standard InChI is InChI=1S/C11H13FO3/c1-14-11-9(13)6-10(11)15-8-4-2-3-7(12)5-8/h2-5,9-11,13H,6H2,1H3. The summed E-state index contributed by atoms with van der Waals surface area (Å²) in [4.78, 5) is 0. The van der Waals surface area contributed by atoms with Gasteiger partial charge in [0, 0.05) is 19.6 Å². The van der Waals surface area contributed by atoms with Gasteiger partial charge in [0.25, 0.3) is 0 Å². The number of aliphatic hydroxyl groups excluding tert-OH is 1. The van der Waals surface area contributed by atoms with E-state index in [1.165, 1.54) is 19.2 Å². The molecule has 0 spiro atoms. The van der Waals surface area contributed by atoms with Crippen molar-refractivity contribution in [3.63, 3.8) is 0 Å². The van der Waals surface area contributed by atoms with Crippen LogP contribution in [-0.2, 0) is 4.74 Å². The first-order valence-electron chi connectivity index (χ1n) is 4.84. The molecule has 82 valence electrons. The van der Waals surface area contributed by atoms with Gasteiger partial charge in [-0.3, -0.25) is 0 Å². The molecule has 1 aromatic rings. The smallest absolute Gasteiger partial charge is 0.130 e. The molecule has 3 atom stereocenters. The van der Waals surface area contributed by atoms with Gasteiger partial charge in [-0.25, -0.2) is 4.39 Å². The zero-order valence-electron chi connectivity index (χ0n) is 8.39. The number of hydrogen-bond donors (Lipinski definition) is 1. The van der Waals surface area contributed by atoms with Gasteiger partial charge in [0.1, 0.15) is 23.8 Å². The summed E-state index contributed by atoms with van der Waals surface area (Å²) in [5.41, 5.74) is 0. The molecule has 4 heteroatoms. The molecule has 0 heterocycles. The molecule has 1 aromatic carbocycles. The Morgan fingerprint density at radius 1 is 1.47 bits per heavy atom. The average Bonchev–Trinajstić information content (AvgIpc) is 2.17. The molecule has 0 saturated heterocycles. The predicted molar refractivity (Wildman–Crippen MR) is 52.2 cm³/mol. The van der Waals surface area contributed by atoms with Crippen molar-refractivity contribution < 1.29 is 19.0 Å². The first-order valence-corrected chi connectivity index (χ1v) is 4.84. The Balaban J connectivity index is 1.98. The molecule has 0 aromatic heterocycles. The van der Waals surface area contributed by atoms with Gasteiger partial charge in [-0.2, -0.15) is 0 Å². The lowest BCUT2D eigenvalue weighted by Gasteiger charge is -2.39. The van der Waals surface area contributed by atoms with Gasteiger partial charge < -0.3 is 14.6 Å². The van der Waals surface area contributed by atoms with Crippen molar-refractivity contribution in [3.05, 3.63) is 30.1 Å². The minimum Gasteiger partial charge on any atom is -0.487 e. The maximum absolute atomic E-state index is 12.8. The molecule has 1 fully saturated rings. The predicted octanol–water partition coefficient (Wildman–Crippen LogP) is 1.35. The van der Waals surface area contributed by atoms with Gasteiger partial charge >= 0.3 is 0 Å². The van der Waals surface area contributed by atoms with Crippen LogP contribution in [-0.4, -0.2) is 30.5 Å². The monoisotopic (exact) mass is 212 g/mol. The Hall–Kier alpha value is -1.13. The van der Waals surface area contributed by atoms with Crippen LogP contribution in [0.2, 0.25) is 0 Å². The van der Waals surface area contributed by atoms with E-state index in [4.69, 9.17) is 9.47 Å². The molecule has 1 aliphatic rings. The fraction of sp³-hybridized carbons (Fsp3) is 0.455. The Morgan fingerprint density at radius 3 is 2.87 bits per heavy atom. The van der Waals surface area contributed by atoms with Crippen molar-refractivity contribution in [1.29, 1.82) is 0 Å². The van der Waals surface area contributed by atoms with Crippen molar-refractivity contribution in [2.24, 2.45) is 0 Å². The van der Waals surface area contributed by atoms with Gasteiger partial charge in [0.05, 0.1) is 6.10 Å². The van der Waals surface area contributed by atoms with Crippen molar-refractivity contribution in [2.75, 3.05) is 7.11 Å². The largest absolute Gasteiger partial charge is 0.487 e. The molecule has 1 aliphatic carbocycles. The van der Waals surface area contributed by atoms with Crippen LogP contribution in [0.3, 0.4) is 0 Å². The van der Waals surface area contributed by atoms with Gasteiger partial charge in [-0.05, 0) is 12.1 Å². The second-order valence-electron chi connectivity index (χ2n) is 3.62. The maximum Gasteiger partial charge on any atom is 0.130 e. The Kier molecular flexibility index (Phi) is 2.88. The van der Waals surface area contributed by atoms with Crippen LogP contribution in [0.4, 0.5) is 4.39 Å². The van der Waals surface area contributed by atoms with Crippen molar-refractivity contribution in [1.82, 2.24) is 0 Å². The third-order valence-corrected chi connectivity index (χ3v) is 2.58. The molecule has 3 unspecified atom stereocenters. The normalized spacial score (nSPS) is 29.7. The molecule has 1 saturated carbocycles. The average molecular weight is 212 g/mol. The van der Waals surface area contributed by atoms with Gasteiger partial charge in [0.2, 0.25) is 0 Å². The molecular weight excluding hydrogens is 199 g/mol. The first-order chi connectivity index (χ1) is 7.20. The summed E-state index contributed by atoms with van der Waals surface area (Å²) < 4.78 is 23.4. The zero-order chi connectivity index (χ0) is 10.8. The van der Waals surface area contributed by atoms with E-state index >= 15 is 0 Å². The maximum atomic E-state index is 12.8. The lowest BCUT2D eigenvalue weighted by atomic mass is 9.88. The quantitative estimate of drug-likeness (QED) is 0.822. The second kappa shape index (κ2) is 4.16. The number of ether oxygens (including phenoxy) is 2. The van der Waals surface area contributed by atoms with Crippen LogP contribution < -0.4 is 4.74 Å². The van der Waals surface area contributed by atoms with E-state index in [-0.39, 0.29) is 18.0 Å². The van der Waals surface area contributed by atoms with Crippen LogP contribution in [0.1, 0.15) is 6.42 Å². The number of hydrogen-bond acceptors (Lipinski definition) is 3. The summed E-state index contributed by atoms with van der Waals surface area (Å²) in [5.74, 6) is 0.135. The zero-order valence-corrected chi connectivity index (χ0v) is 8.39. The topological polar surface area (TPSA) is 38.7 Å². The molecule has 0 amide bonds. The molecular formula is C11H13FO3. The fourth-order valence-electron chi connectivity index (χ4n) is 1.70. The lowest BCUT2D eigenvalue weighted by Crippen LogP contribution is -2.54. The highest BCUT2D eigenvalue weighted by atomic mass is 19.1. The van der Waals surface area contributed by atoms with E-state index in [1.807, 2.05) is 0 Å². The SMILES string of the molecule is COC1C(O)CC1Oc1cccc(F)c1. The summed E-state index contributed by atoms with van der Waals surface area (Å²) in [6.45, 7) is 0. The van der Waals surface area contributed by atoms with Crippen LogP contribution in [0.15, 0.2) is 24.3 Å². The number of rotatable bonds is 3. The number of aliphatic hydroxyl groups is 1. The number of halogens is 1. The van der Waals surface area contributed by atoms with Crippen LogP contribution in [0, 0.1) is 5.82 Å². The van der Waals surface area contributed by atoms with E-state index in [0.29, 0.717) is 12.2 Å². The van der Waals surface area contributed by atoms with Gasteiger partial charge in [0.15, 0.2) is 0 Å². The summed E-state index contributed by atoms with van der Waals surface area (Å²) in [6.07, 6.45) is -0.455.